The molecule has 0 amide bonds. The summed E-state index contributed by atoms with van der Waals surface area (Å²) >= 11 is 5.98. The molecule has 0 unspecified atom stereocenters. The molecule has 5 heteroatoms. The van der Waals surface area contributed by atoms with E-state index in [-0.39, 0.29) is 0 Å². The highest BCUT2D eigenvalue weighted by molar-refractivity contribution is 6.30. The number of oxazole rings is 1. The minimum absolute atomic E-state index is 0.489. The van der Waals surface area contributed by atoms with E-state index in [2.05, 4.69) is 15.0 Å². The van der Waals surface area contributed by atoms with Gasteiger partial charge in [-0.05, 0) is 25.1 Å². The molecule has 0 fully saturated rings. The summed E-state index contributed by atoms with van der Waals surface area (Å²) in [6, 6.07) is 9.34. The van der Waals surface area contributed by atoms with E-state index in [1.54, 1.807) is 6.26 Å². The van der Waals surface area contributed by atoms with Gasteiger partial charge in [-0.1, -0.05) is 23.7 Å². The third kappa shape index (κ3) is 2.48. The number of nitrogens with zero attached hydrogens (tertiary/aromatic N) is 3. The molecular formula is C14H10ClN3O. The van der Waals surface area contributed by atoms with Crippen molar-refractivity contribution in [1.82, 2.24) is 15.0 Å². The Morgan fingerprint density at radius 2 is 1.95 bits per heavy atom. The Morgan fingerprint density at radius 3 is 2.68 bits per heavy atom. The van der Waals surface area contributed by atoms with E-state index in [1.807, 2.05) is 37.3 Å². The molecule has 0 saturated heterocycles. The molecule has 4 nitrogen and oxygen atoms in total. The number of hydrogen-bond donors (Lipinski definition) is 0. The lowest BCUT2D eigenvalue weighted by molar-refractivity contribution is 0.571. The van der Waals surface area contributed by atoms with Crippen molar-refractivity contribution >= 4 is 11.6 Å². The maximum absolute atomic E-state index is 5.98. The molecule has 2 heterocycles. The molecule has 0 spiro atoms. The van der Waals surface area contributed by atoms with Gasteiger partial charge < -0.3 is 4.42 Å². The van der Waals surface area contributed by atoms with E-state index in [9.17, 15) is 0 Å². The van der Waals surface area contributed by atoms with Gasteiger partial charge in [0.2, 0.25) is 5.89 Å². The zero-order chi connectivity index (χ0) is 13.2. The molecule has 0 saturated carbocycles. The van der Waals surface area contributed by atoms with Crippen LogP contribution in [0.3, 0.4) is 0 Å². The zero-order valence-electron chi connectivity index (χ0n) is 10.2. The van der Waals surface area contributed by atoms with E-state index in [0.717, 1.165) is 17.0 Å². The van der Waals surface area contributed by atoms with Crippen molar-refractivity contribution in [1.29, 1.82) is 0 Å². The molecule has 0 aliphatic carbocycles. The van der Waals surface area contributed by atoms with Crippen LogP contribution in [0.5, 0.6) is 0 Å². The van der Waals surface area contributed by atoms with Crippen molar-refractivity contribution in [3.63, 3.8) is 0 Å². The third-order valence-electron chi connectivity index (χ3n) is 2.63. The van der Waals surface area contributed by atoms with Crippen LogP contribution in [-0.2, 0) is 0 Å². The van der Waals surface area contributed by atoms with Gasteiger partial charge in [-0.2, -0.15) is 0 Å². The molecule has 3 aromatic rings. The molecule has 0 aliphatic rings. The summed E-state index contributed by atoms with van der Waals surface area (Å²) in [5.74, 6) is 0.489. The fraction of sp³-hybridized carbons (Fsp3) is 0.0714. The molecule has 2 aromatic heterocycles. The SMILES string of the molecule is Cc1coc(-c2cc(-c3cccc(Cl)c3)ncn2)n1. The molecule has 94 valence electrons. The van der Waals surface area contributed by atoms with Crippen molar-refractivity contribution in [3.05, 3.63) is 53.6 Å². The maximum Gasteiger partial charge on any atom is 0.245 e. The number of halogens is 1. The number of aromatic nitrogens is 3. The first-order valence-corrected chi connectivity index (χ1v) is 6.10. The topological polar surface area (TPSA) is 51.8 Å². The third-order valence-corrected chi connectivity index (χ3v) is 2.86. The number of benzene rings is 1. The number of hydrogen-bond acceptors (Lipinski definition) is 4. The van der Waals surface area contributed by atoms with Crippen LogP contribution in [0.15, 0.2) is 47.3 Å². The van der Waals surface area contributed by atoms with Crippen LogP contribution in [0, 0.1) is 6.92 Å². The van der Waals surface area contributed by atoms with Crippen LogP contribution in [0.25, 0.3) is 22.8 Å². The first-order valence-electron chi connectivity index (χ1n) is 5.73. The molecule has 0 N–H and O–H groups in total. The smallest absolute Gasteiger partial charge is 0.245 e. The largest absolute Gasteiger partial charge is 0.443 e. The maximum atomic E-state index is 5.98. The molecule has 0 radical (unpaired) electrons. The summed E-state index contributed by atoms with van der Waals surface area (Å²) in [5, 5.41) is 0.671. The summed E-state index contributed by atoms with van der Waals surface area (Å²) in [6.07, 6.45) is 3.08. The second-order valence-electron chi connectivity index (χ2n) is 4.09. The average molecular weight is 272 g/mol. The highest BCUT2D eigenvalue weighted by Gasteiger charge is 2.08. The number of aryl methyl sites for hydroxylation is 1. The first-order chi connectivity index (χ1) is 9.22. The van der Waals surface area contributed by atoms with E-state index in [1.165, 1.54) is 6.33 Å². The van der Waals surface area contributed by atoms with Crippen molar-refractivity contribution in [2.45, 2.75) is 6.92 Å². The second-order valence-corrected chi connectivity index (χ2v) is 4.53. The second kappa shape index (κ2) is 4.82. The van der Waals surface area contributed by atoms with Crippen molar-refractivity contribution in [3.8, 4) is 22.8 Å². The van der Waals surface area contributed by atoms with E-state index in [4.69, 9.17) is 16.0 Å². The number of rotatable bonds is 2. The summed E-state index contributed by atoms with van der Waals surface area (Å²) < 4.78 is 5.34. The van der Waals surface area contributed by atoms with Gasteiger partial charge in [-0.15, -0.1) is 0 Å². The Kier molecular flexibility index (Phi) is 3.01. The first kappa shape index (κ1) is 11.9. The van der Waals surface area contributed by atoms with Crippen LogP contribution >= 0.6 is 11.6 Å². The Labute approximate surface area is 115 Å². The van der Waals surface area contributed by atoms with Gasteiger partial charge in [0.15, 0.2) is 0 Å². The molecule has 3 rings (SSSR count). The van der Waals surface area contributed by atoms with Crippen LogP contribution in [0.4, 0.5) is 0 Å². The van der Waals surface area contributed by atoms with Crippen molar-refractivity contribution in [2.75, 3.05) is 0 Å². The summed E-state index contributed by atoms with van der Waals surface area (Å²) in [5.41, 5.74) is 3.18. The van der Waals surface area contributed by atoms with E-state index in [0.29, 0.717) is 16.6 Å². The van der Waals surface area contributed by atoms with Gasteiger partial charge in [-0.25, -0.2) is 15.0 Å². The Morgan fingerprint density at radius 1 is 1.11 bits per heavy atom. The van der Waals surface area contributed by atoms with Crippen LogP contribution in [-0.4, -0.2) is 15.0 Å². The highest BCUT2D eigenvalue weighted by Crippen LogP contribution is 2.24. The molecule has 0 bridgehead atoms. The van der Waals surface area contributed by atoms with Gasteiger partial charge in [0.1, 0.15) is 18.3 Å². The van der Waals surface area contributed by atoms with Gasteiger partial charge in [0.25, 0.3) is 0 Å². The molecular weight excluding hydrogens is 262 g/mol. The summed E-state index contributed by atoms with van der Waals surface area (Å²) in [4.78, 5) is 12.7. The van der Waals surface area contributed by atoms with Crippen LogP contribution in [0.2, 0.25) is 5.02 Å². The lowest BCUT2D eigenvalue weighted by Gasteiger charge is -2.02. The molecule has 1 aromatic carbocycles. The molecule has 0 aliphatic heterocycles. The van der Waals surface area contributed by atoms with Crippen molar-refractivity contribution < 1.29 is 4.42 Å². The van der Waals surface area contributed by atoms with Crippen molar-refractivity contribution in [2.24, 2.45) is 0 Å². The van der Waals surface area contributed by atoms with E-state index < -0.39 is 0 Å². The fourth-order valence-electron chi connectivity index (χ4n) is 1.75. The van der Waals surface area contributed by atoms with Crippen LogP contribution in [0.1, 0.15) is 5.69 Å². The highest BCUT2D eigenvalue weighted by atomic mass is 35.5. The monoisotopic (exact) mass is 271 g/mol. The zero-order valence-corrected chi connectivity index (χ0v) is 10.9. The Hall–Kier alpha value is -2.20. The minimum atomic E-state index is 0.489. The van der Waals surface area contributed by atoms with Gasteiger partial charge in [0.05, 0.1) is 11.4 Å². The predicted molar refractivity (Wildman–Crippen MR) is 72.7 cm³/mol. The summed E-state index contributed by atoms with van der Waals surface area (Å²) in [7, 11) is 0. The van der Waals surface area contributed by atoms with Gasteiger partial charge >= 0.3 is 0 Å². The Balaban J connectivity index is 2.05. The fourth-order valence-corrected chi connectivity index (χ4v) is 1.94. The van der Waals surface area contributed by atoms with Gasteiger partial charge in [-0.3, -0.25) is 0 Å². The molecule has 19 heavy (non-hydrogen) atoms. The molecule has 0 atom stereocenters. The van der Waals surface area contributed by atoms with E-state index >= 15 is 0 Å². The van der Waals surface area contributed by atoms with Crippen LogP contribution < -0.4 is 0 Å². The summed E-state index contributed by atoms with van der Waals surface area (Å²) in [6.45, 7) is 1.87. The standard InChI is InChI=1S/C14H10ClN3O/c1-9-7-19-14(18-9)13-6-12(16-8-17-13)10-3-2-4-11(15)5-10/h2-8H,1H3. The normalized spacial score (nSPS) is 10.6. The predicted octanol–water partition coefficient (Wildman–Crippen LogP) is 3.76. The Bertz CT molecular complexity index is 724. The minimum Gasteiger partial charge on any atom is -0.443 e. The lowest BCUT2D eigenvalue weighted by atomic mass is 10.1. The quantitative estimate of drug-likeness (QED) is 0.712. The van der Waals surface area contributed by atoms with Gasteiger partial charge in [0, 0.05) is 10.6 Å². The average Bonchev–Trinajstić information content (AvgIpc) is 2.86. The lowest BCUT2D eigenvalue weighted by Crippen LogP contribution is -1.89.